The van der Waals surface area contributed by atoms with Gasteiger partial charge in [-0.2, -0.15) is 5.10 Å². The Morgan fingerprint density at radius 3 is 2.57 bits per heavy atom. The zero-order valence-electron chi connectivity index (χ0n) is 15.7. The summed E-state index contributed by atoms with van der Waals surface area (Å²) in [5, 5.41) is 7.62. The number of ether oxygens (including phenoxy) is 2. The lowest BCUT2D eigenvalue weighted by Crippen LogP contribution is -2.17. The van der Waals surface area contributed by atoms with Crippen molar-refractivity contribution in [3.05, 3.63) is 70.0 Å². The summed E-state index contributed by atoms with van der Waals surface area (Å²) < 4.78 is 12.7. The number of benzene rings is 2. The summed E-state index contributed by atoms with van der Waals surface area (Å²) in [5.74, 6) is 0.973. The number of hydrogen-bond acceptors (Lipinski definition) is 4. The highest BCUT2D eigenvalue weighted by atomic mass is 35.5. The average Bonchev–Trinajstić information content (AvgIpc) is 2.96. The van der Waals surface area contributed by atoms with Gasteiger partial charge in [0.05, 0.1) is 17.8 Å². The van der Waals surface area contributed by atoms with Gasteiger partial charge in [0.25, 0.3) is 5.91 Å². The Morgan fingerprint density at radius 2 is 1.82 bits per heavy atom. The van der Waals surface area contributed by atoms with Crippen LogP contribution in [-0.2, 0) is 6.54 Å². The van der Waals surface area contributed by atoms with Crippen molar-refractivity contribution in [1.82, 2.24) is 9.78 Å². The topological polar surface area (TPSA) is 65.4 Å². The van der Waals surface area contributed by atoms with Crippen LogP contribution in [0.25, 0.3) is 0 Å². The number of aryl methyl sites for hydroxylation is 2. The van der Waals surface area contributed by atoms with E-state index in [-0.39, 0.29) is 5.91 Å². The van der Waals surface area contributed by atoms with Gasteiger partial charge in [-0.3, -0.25) is 4.79 Å². The number of anilines is 1. The lowest BCUT2D eigenvalue weighted by Gasteiger charge is -2.19. The normalized spacial score (nSPS) is 12.7. The Labute approximate surface area is 168 Å². The average molecular weight is 398 g/mol. The first kappa shape index (κ1) is 18.4. The number of hydrogen-bond donors (Lipinski definition) is 1. The number of amides is 1. The molecule has 0 radical (unpaired) electrons. The van der Waals surface area contributed by atoms with Crippen LogP contribution >= 0.6 is 11.6 Å². The maximum atomic E-state index is 12.8. The summed E-state index contributed by atoms with van der Waals surface area (Å²) in [6, 6.07) is 13.4. The fraction of sp³-hybridized carbons (Fsp3) is 0.238. The number of nitrogens with one attached hydrogen (secondary N) is 1. The zero-order valence-corrected chi connectivity index (χ0v) is 16.4. The monoisotopic (exact) mass is 397 g/mol. The smallest absolute Gasteiger partial charge is 0.260 e. The van der Waals surface area contributed by atoms with Gasteiger partial charge >= 0.3 is 0 Å². The Hall–Kier alpha value is -2.99. The molecule has 6 nitrogen and oxygen atoms in total. The fourth-order valence-corrected chi connectivity index (χ4v) is 3.42. The zero-order chi connectivity index (χ0) is 19.7. The summed E-state index contributed by atoms with van der Waals surface area (Å²) in [5.41, 5.74) is 3.80. The van der Waals surface area contributed by atoms with Crippen LogP contribution in [0.5, 0.6) is 11.5 Å². The number of carbonyl (C=O) groups is 1. The molecule has 1 aliphatic rings. The highest BCUT2D eigenvalue weighted by Gasteiger charge is 2.21. The van der Waals surface area contributed by atoms with Gasteiger partial charge in [-0.15, -0.1) is 0 Å². The number of carbonyl (C=O) groups excluding carboxylic acids is 1. The van der Waals surface area contributed by atoms with E-state index in [2.05, 4.69) is 10.4 Å². The van der Waals surface area contributed by atoms with Gasteiger partial charge in [0.15, 0.2) is 11.5 Å². The first-order valence-corrected chi connectivity index (χ1v) is 9.38. The molecule has 1 aromatic heterocycles. The van der Waals surface area contributed by atoms with Crippen molar-refractivity contribution in [1.29, 1.82) is 0 Å². The molecule has 4 rings (SSSR count). The third kappa shape index (κ3) is 3.68. The van der Waals surface area contributed by atoms with Crippen molar-refractivity contribution >= 4 is 23.2 Å². The maximum absolute atomic E-state index is 12.8. The van der Waals surface area contributed by atoms with Gasteiger partial charge in [0.2, 0.25) is 0 Å². The number of fused-ring (bicyclic) bond motifs is 1. The summed E-state index contributed by atoms with van der Waals surface area (Å²) >= 11 is 6.48. The van der Waals surface area contributed by atoms with E-state index in [9.17, 15) is 4.79 Å². The van der Waals surface area contributed by atoms with E-state index in [1.165, 1.54) is 5.56 Å². The van der Waals surface area contributed by atoms with Crippen LogP contribution in [0.15, 0.2) is 42.5 Å². The first-order valence-electron chi connectivity index (χ1n) is 9.01. The van der Waals surface area contributed by atoms with E-state index in [1.807, 2.05) is 31.2 Å². The second-order valence-electron chi connectivity index (χ2n) is 6.71. The van der Waals surface area contributed by atoms with Crippen molar-refractivity contribution in [2.75, 3.05) is 18.5 Å². The molecule has 3 aromatic rings. The van der Waals surface area contributed by atoms with Gasteiger partial charge in [-0.1, -0.05) is 41.4 Å². The van der Waals surface area contributed by atoms with E-state index in [0.717, 1.165) is 5.56 Å². The molecule has 0 unspecified atom stereocenters. The largest absolute Gasteiger partial charge is 0.486 e. The van der Waals surface area contributed by atoms with Crippen LogP contribution in [-0.4, -0.2) is 28.9 Å². The summed E-state index contributed by atoms with van der Waals surface area (Å²) in [6.45, 7) is 5.32. The molecule has 1 N–H and O–H groups in total. The van der Waals surface area contributed by atoms with E-state index < -0.39 is 0 Å². The van der Waals surface area contributed by atoms with Crippen LogP contribution in [0.2, 0.25) is 5.15 Å². The predicted molar refractivity (Wildman–Crippen MR) is 108 cm³/mol. The van der Waals surface area contributed by atoms with Gasteiger partial charge < -0.3 is 14.8 Å². The molecule has 0 atom stereocenters. The second kappa shape index (κ2) is 7.56. The molecule has 0 saturated carbocycles. The molecule has 0 spiro atoms. The molecule has 2 aromatic carbocycles. The standard InChI is InChI=1S/C21H20ClN3O3/c1-13-3-5-15(6-4-13)12-25-20(22)19(14(2)24-25)21(26)23-16-7-8-17-18(11-16)28-10-9-27-17/h3-8,11H,9-10,12H2,1-2H3,(H,23,26). The molecule has 1 amide bonds. The van der Waals surface area contributed by atoms with Gasteiger partial charge in [-0.25, -0.2) is 4.68 Å². The van der Waals surface area contributed by atoms with Crippen molar-refractivity contribution in [3.8, 4) is 11.5 Å². The third-order valence-corrected chi connectivity index (χ3v) is 4.93. The SMILES string of the molecule is Cc1ccc(Cn2nc(C)c(C(=O)Nc3ccc4c(c3)OCCO4)c2Cl)cc1. The maximum Gasteiger partial charge on any atom is 0.260 e. The van der Waals surface area contributed by atoms with Crippen LogP contribution in [0, 0.1) is 13.8 Å². The molecule has 0 aliphatic carbocycles. The molecule has 28 heavy (non-hydrogen) atoms. The molecular weight excluding hydrogens is 378 g/mol. The van der Waals surface area contributed by atoms with Crippen molar-refractivity contribution in [2.24, 2.45) is 0 Å². The number of aromatic nitrogens is 2. The van der Waals surface area contributed by atoms with Gasteiger partial charge in [0.1, 0.15) is 18.4 Å². The minimum atomic E-state index is -0.311. The second-order valence-corrected chi connectivity index (χ2v) is 7.07. The van der Waals surface area contributed by atoms with Crippen LogP contribution < -0.4 is 14.8 Å². The molecule has 0 saturated heterocycles. The Kier molecular flexibility index (Phi) is 4.96. The van der Waals surface area contributed by atoms with E-state index >= 15 is 0 Å². The summed E-state index contributed by atoms with van der Waals surface area (Å²) in [4.78, 5) is 12.8. The summed E-state index contributed by atoms with van der Waals surface area (Å²) in [7, 11) is 0. The van der Waals surface area contributed by atoms with E-state index in [1.54, 1.807) is 29.8 Å². The Morgan fingerprint density at radius 1 is 1.11 bits per heavy atom. The Balaban J connectivity index is 1.54. The number of rotatable bonds is 4. The molecule has 0 bridgehead atoms. The predicted octanol–water partition coefficient (Wildman–Crippen LogP) is 4.23. The first-order chi connectivity index (χ1) is 13.5. The highest BCUT2D eigenvalue weighted by Crippen LogP contribution is 2.33. The number of nitrogens with zero attached hydrogens (tertiary/aromatic N) is 2. The quantitative estimate of drug-likeness (QED) is 0.715. The van der Waals surface area contributed by atoms with Gasteiger partial charge in [-0.05, 0) is 31.5 Å². The lowest BCUT2D eigenvalue weighted by atomic mass is 10.1. The molecular formula is C21H20ClN3O3. The molecule has 2 heterocycles. The van der Waals surface area contributed by atoms with E-state index in [4.69, 9.17) is 21.1 Å². The highest BCUT2D eigenvalue weighted by molar-refractivity contribution is 6.33. The van der Waals surface area contributed by atoms with Crippen LogP contribution in [0.1, 0.15) is 27.2 Å². The number of halogens is 1. The fourth-order valence-electron chi connectivity index (χ4n) is 3.10. The van der Waals surface area contributed by atoms with Crippen LogP contribution in [0.4, 0.5) is 5.69 Å². The van der Waals surface area contributed by atoms with Crippen molar-refractivity contribution in [3.63, 3.8) is 0 Å². The molecule has 1 aliphatic heterocycles. The minimum absolute atomic E-state index is 0.311. The molecule has 144 valence electrons. The lowest BCUT2D eigenvalue weighted by molar-refractivity contribution is 0.102. The van der Waals surface area contributed by atoms with Crippen LogP contribution in [0.3, 0.4) is 0 Å². The molecule has 7 heteroatoms. The third-order valence-electron chi connectivity index (χ3n) is 4.55. The minimum Gasteiger partial charge on any atom is -0.486 e. The Bertz CT molecular complexity index is 1030. The summed E-state index contributed by atoms with van der Waals surface area (Å²) in [6.07, 6.45) is 0. The van der Waals surface area contributed by atoms with E-state index in [0.29, 0.717) is 53.4 Å². The van der Waals surface area contributed by atoms with Crippen molar-refractivity contribution < 1.29 is 14.3 Å². The van der Waals surface area contributed by atoms with Crippen molar-refractivity contribution in [2.45, 2.75) is 20.4 Å². The van der Waals surface area contributed by atoms with Gasteiger partial charge in [0, 0.05) is 11.8 Å². The molecule has 0 fully saturated rings.